The molecule has 1 aliphatic heterocycles. The maximum atomic E-state index is 5.87. The summed E-state index contributed by atoms with van der Waals surface area (Å²) in [6, 6.07) is 1.46. The monoisotopic (exact) mass is 223 g/mol. The zero-order valence-electron chi connectivity index (χ0n) is 10.6. The molecule has 0 spiro atoms. The summed E-state index contributed by atoms with van der Waals surface area (Å²) in [5.41, 5.74) is 0. The second-order valence-electron chi connectivity index (χ2n) is 6.41. The second kappa shape index (κ2) is 4.30. The van der Waals surface area contributed by atoms with Crippen molar-refractivity contribution in [2.24, 2.45) is 17.8 Å². The van der Waals surface area contributed by atoms with E-state index in [4.69, 9.17) is 4.74 Å². The largest absolute Gasteiger partial charge is 0.376 e. The van der Waals surface area contributed by atoms with Gasteiger partial charge in [-0.2, -0.15) is 0 Å². The summed E-state index contributed by atoms with van der Waals surface area (Å²) in [5.74, 6) is 2.73. The highest BCUT2D eigenvalue weighted by Crippen LogP contribution is 2.40. The van der Waals surface area contributed by atoms with Gasteiger partial charge >= 0.3 is 0 Å². The third kappa shape index (κ3) is 2.14. The lowest BCUT2D eigenvalue weighted by Gasteiger charge is -2.40. The summed E-state index contributed by atoms with van der Waals surface area (Å²) in [7, 11) is 0. The van der Waals surface area contributed by atoms with Crippen molar-refractivity contribution in [3.8, 4) is 0 Å². The van der Waals surface area contributed by atoms with E-state index < -0.39 is 0 Å². The second-order valence-corrected chi connectivity index (χ2v) is 6.41. The molecule has 2 unspecified atom stereocenters. The van der Waals surface area contributed by atoms with Crippen molar-refractivity contribution in [2.45, 2.75) is 64.1 Å². The van der Waals surface area contributed by atoms with Crippen molar-refractivity contribution in [1.29, 1.82) is 0 Å². The molecule has 0 bridgehead atoms. The minimum absolute atomic E-state index is 0.554. The van der Waals surface area contributed by atoms with Crippen LogP contribution in [0.5, 0.6) is 0 Å². The van der Waals surface area contributed by atoms with E-state index in [1.54, 1.807) is 0 Å². The first-order chi connectivity index (χ1) is 7.74. The van der Waals surface area contributed by atoms with Crippen LogP contribution in [-0.2, 0) is 4.74 Å². The van der Waals surface area contributed by atoms with Gasteiger partial charge < -0.3 is 10.1 Å². The Bertz CT molecular complexity index is 243. The lowest BCUT2D eigenvalue weighted by Crippen LogP contribution is -2.50. The topological polar surface area (TPSA) is 21.3 Å². The fourth-order valence-corrected chi connectivity index (χ4v) is 3.32. The molecule has 2 saturated carbocycles. The minimum atomic E-state index is 0.554. The van der Waals surface area contributed by atoms with E-state index in [1.807, 2.05) is 0 Å². The summed E-state index contributed by atoms with van der Waals surface area (Å²) < 4.78 is 5.87. The van der Waals surface area contributed by atoms with Crippen LogP contribution in [0.1, 0.15) is 46.0 Å². The van der Waals surface area contributed by atoms with Gasteiger partial charge in [0.05, 0.1) is 6.10 Å². The molecule has 0 amide bonds. The smallest absolute Gasteiger partial charge is 0.0757 e. The maximum absolute atomic E-state index is 5.87. The van der Waals surface area contributed by atoms with E-state index in [2.05, 4.69) is 19.2 Å². The molecule has 3 aliphatic rings. The third-order valence-corrected chi connectivity index (χ3v) is 4.79. The average Bonchev–Trinajstić information content (AvgIpc) is 2.91. The SMILES string of the molecule is CC(C)C1CC(NC2CCOC2C2CC2)C1. The molecule has 2 nitrogen and oxygen atoms in total. The molecule has 0 aromatic rings. The van der Waals surface area contributed by atoms with E-state index >= 15 is 0 Å². The zero-order valence-corrected chi connectivity index (χ0v) is 10.6. The predicted octanol–water partition coefficient (Wildman–Crippen LogP) is 2.58. The lowest BCUT2D eigenvalue weighted by molar-refractivity contribution is 0.0690. The van der Waals surface area contributed by atoms with Crippen molar-refractivity contribution in [3.63, 3.8) is 0 Å². The first-order valence-electron chi connectivity index (χ1n) is 7.11. The number of rotatable bonds is 4. The summed E-state index contributed by atoms with van der Waals surface area (Å²) in [6.07, 6.45) is 7.39. The Morgan fingerprint density at radius 3 is 2.50 bits per heavy atom. The maximum Gasteiger partial charge on any atom is 0.0757 e. The molecule has 0 radical (unpaired) electrons. The Kier molecular flexibility index (Phi) is 2.97. The van der Waals surface area contributed by atoms with Crippen LogP contribution in [-0.4, -0.2) is 24.8 Å². The molecule has 92 valence electrons. The van der Waals surface area contributed by atoms with Gasteiger partial charge in [0.25, 0.3) is 0 Å². The van der Waals surface area contributed by atoms with Gasteiger partial charge in [-0.05, 0) is 49.9 Å². The molecule has 0 aromatic heterocycles. The molecule has 1 saturated heterocycles. The van der Waals surface area contributed by atoms with Crippen LogP contribution in [0, 0.1) is 17.8 Å². The first-order valence-corrected chi connectivity index (χ1v) is 7.11. The molecule has 3 rings (SSSR count). The van der Waals surface area contributed by atoms with Crippen LogP contribution in [0.15, 0.2) is 0 Å². The summed E-state index contributed by atoms with van der Waals surface area (Å²) in [6.45, 7) is 5.69. The minimum Gasteiger partial charge on any atom is -0.376 e. The van der Waals surface area contributed by atoms with Crippen molar-refractivity contribution in [3.05, 3.63) is 0 Å². The number of nitrogens with one attached hydrogen (secondary N) is 1. The predicted molar refractivity (Wildman–Crippen MR) is 65.4 cm³/mol. The van der Waals surface area contributed by atoms with E-state index in [-0.39, 0.29) is 0 Å². The Balaban J connectivity index is 1.45. The molecular weight excluding hydrogens is 198 g/mol. The average molecular weight is 223 g/mol. The molecule has 1 heterocycles. The molecule has 2 atom stereocenters. The molecule has 3 fully saturated rings. The fourth-order valence-electron chi connectivity index (χ4n) is 3.32. The van der Waals surface area contributed by atoms with Crippen molar-refractivity contribution in [1.82, 2.24) is 5.32 Å². The number of hydrogen-bond donors (Lipinski definition) is 1. The van der Waals surface area contributed by atoms with Crippen molar-refractivity contribution < 1.29 is 4.74 Å². The Morgan fingerprint density at radius 2 is 1.88 bits per heavy atom. The highest BCUT2D eigenvalue weighted by Gasteiger charge is 2.42. The van der Waals surface area contributed by atoms with Crippen LogP contribution < -0.4 is 5.32 Å². The van der Waals surface area contributed by atoms with Crippen LogP contribution in [0.25, 0.3) is 0 Å². The van der Waals surface area contributed by atoms with Gasteiger partial charge in [0.2, 0.25) is 0 Å². The normalized spacial score (nSPS) is 43.7. The summed E-state index contributed by atoms with van der Waals surface area (Å²) in [4.78, 5) is 0. The molecule has 2 heteroatoms. The lowest BCUT2D eigenvalue weighted by atomic mass is 9.73. The molecule has 0 aromatic carbocycles. The first kappa shape index (κ1) is 11.0. The van der Waals surface area contributed by atoms with Gasteiger partial charge in [-0.25, -0.2) is 0 Å². The Hall–Kier alpha value is -0.0800. The third-order valence-electron chi connectivity index (χ3n) is 4.79. The summed E-state index contributed by atoms with van der Waals surface area (Å²) in [5, 5.41) is 3.85. The molecule has 2 aliphatic carbocycles. The summed E-state index contributed by atoms with van der Waals surface area (Å²) >= 11 is 0. The standard InChI is InChI=1S/C14H25NO/c1-9(2)11-7-12(8-11)15-13-5-6-16-14(13)10-3-4-10/h9-15H,3-8H2,1-2H3. The van der Waals surface area contributed by atoms with E-state index in [1.165, 1.54) is 32.1 Å². The van der Waals surface area contributed by atoms with Crippen LogP contribution in [0.2, 0.25) is 0 Å². The van der Waals surface area contributed by atoms with Crippen molar-refractivity contribution >= 4 is 0 Å². The van der Waals surface area contributed by atoms with Gasteiger partial charge in [-0.3, -0.25) is 0 Å². The van der Waals surface area contributed by atoms with Gasteiger partial charge in [0.15, 0.2) is 0 Å². The highest BCUT2D eigenvalue weighted by atomic mass is 16.5. The molecule has 1 N–H and O–H groups in total. The van der Waals surface area contributed by atoms with Gasteiger partial charge in [-0.15, -0.1) is 0 Å². The zero-order chi connectivity index (χ0) is 11.1. The van der Waals surface area contributed by atoms with E-state index in [9.17, 15) is 0 Å². The van der Waals surface area contributed by atoms with E-state index in [0.717, 1.165) is 30.4 Å². The highest BCUT2D eigenvalue weighted by molar-refractivity contribution is 4.97. The van der Waals surface area contributed by atoms with Gasteiger partial charge in [-0.1, -0.05) is 13.8 Å². The number of ether oxygens (including phenoxy) is 1. The van der Waals surface area contributed by atoms with Gasteiger partial charge in [0.1, 0.15) is 0 Å². The van der Waals surface area contributed by atoms with Gasteiger partial charge in [0, 0.05) is 18.7 Å². The van der Waals surface area contributed by atoms with Crippen LogP contribution >= 0.6 is 0 Å². The van der Waals surface area contributed by atoms with Crippen LogP contribution in [0.4, 0.5) is 0 Å². The molecular formula is C14H25NO. The van der Waals surface area contributed by atoms with Crippen molar-refractivity contribution in [2.75, 3.05) is 6.61 Å². The van der Waals surface area contributed by atoms with Crippen LogP contribution in [0.3, 0.4) is 0 Å². The fraction of sp³-hybridized carbons (Fsp3) is 1.00. The Labute approximate surface area is 99.1 Å². The Morgan fingerprint density at radius 1 is 1.12 bits per heavy atom. The molecule has 16 heavy (non-hydrogen) atoms. The van der Waals surface area contributed by atoms with E-state index in [0.29, 0.717) is 12.1 Å². The quantitative estimate of drug-likeness (QED) is 0.791. The number of hydrogen-bond acceptors (Lipinski definition) is 2.